The Labute approximate surface area is 141 Å². The van der Waals surface area contributed by atoms with E-state index in [-0.39, 0.29) is 11.7 Å². The minimum atomic E-state index is -0.0771. The summed E-state index contributed by atoms with van der Waals surface area (Å²) in [6, 6.07) is 10.6. The number of halogens is 2. The Morgan fingerprint density at radius 2 is 2.00 bits per heavy atom. The van der Waals surface area contributed by atoms with Crippen molar-refractivity contribution in [2.75, 3.05) is 11.9 Å². The third kappa shape index (κ3) is 2.58. The normalized spacial score (nSPS) is 13.5. The van der Waals surface area contributed by atoms with Crippen molar-refractivity contribution in [3.8, 4) is 0 Å². The van der Waals surface area contributed by atoms with Crippen molar-refractivity contribution < 1.29 is 9.59 Å². The van der Waals surface area contributed by atoms with Crippen molar-refractivity contribution in [1.29, 1.82) is 0 Å². The van der Waals surface area contributed by atoms with E-state index >= 15 is 0 Å². The number of carbonyl (C=O) groups excluding carboxylic acids is 2. The predicted molar refractivity (Wildman–Crippen MR) is 91.2 cm³/mol. The largest absolute Gasteiger partial charge is 0.315 e. The molecule has 0 aromatic heterocycles. The monoisotopic (exact) mass is 411 g/mol. The number of amides is 1. The first-order chi connectivity index (χ1) is 9.97. The van der Waals surface area contributed by atoms with Crippen molar-refractivity contribution in [3.63, 3.8) is 0 Å². The molecule has 0 radical (unpaired) electrons. The topological polar surface area (TPSA) is 37.4 Å². The molecule has 1 aliphatic heterocycles. The Balaban J connectivity index is 2.02. The molecule has 21 heavy (non-hydrogen) atoms. The van der Waals surface area contributed by atoms with Crippen LogP contribution in [0.3, 0.4) is 0 Å². The van der Waals surface area contributed by atoms with Crippen LogP contribution in [-0.2, 0) is 11.2 Å². The highest BCUT2D eigenvalue weighted by atomic mass is 127. The van der Waals surface area contributed by atoms with E-state index in [2.05, 4.69) is 22.6 Å². The van der Waals surface area contributed by atoms with Crippen LogP contribution in [0.5, 0.6) is 0 Å². The lowest BCUT2D eigenvalue weighted by molar-refractivity contribution is -0.117. The number of ketones is 1. The molecule has 0 spiro atoms. The van der Waals surface area contributed by atoms with E-state index < -0.39 is 0 Å². The smallest absolute Gasteiger partial charge is 0.231 e. The molecule has 1 aliphatic rings. The van der Waals surface area contributed by atoms with Gasteiger partial charge in [-0.2, -0.15) is 0 Å². The van der Waals surface area contributed by atoms with Gasteiger partial charge in [-0.25, -0.2) is 0 Å². The fourth-order valence-electron chi connectivity index (χ4n) is 2.44. The fourth-order valence-corrected chi connectivity index (χ4v) is 3.19. The second-order valence-electron chi connectivity index (χ2n) is 4.93. The lowest BCUT2D eigenvalue weighted by Crippen LogP contribution is -2.20. The second-order valence-corrected chi connectivity index (χ2v) is 6.52. The van der Waals surface area contributed by atoms with Gasteiger partial charge in [-0.3, -0.25) is 9.59 Å². The summed E-state index contributed by atoms with van der Waals surface area (Å²) in [7, 11) is 1.75. The van der Waals surface area contributed by atoms with Crippen molar-refractivity contribution >= 4 is 51.6 Å². The zero-order valence-corrected chi connectivity index (χ0v) is 14.1. The number of hydrogen-bond acceptors (Lipinski definition) is 2. The van der Waals surface area contributed by atoms with Crippen LogP contribution in [0.2, 0.25) is 5.02 Å². The Morgan fingerprint density at radius 1 is 1.24 bits per heavy atom. The molecule has 0 aliphatic carbocycles. The maximum atomic E-state index is 12.6. The van der Waals surface area contributed by atoms with Crippen LogP contribution in [0.4, 0.5) is 5.69 Å². The highest BCUT2D eigenvalue weighted by molar-refractivity contribution is 14.1. The van der Waals surface area contributed by atoms with Gasteiger partial charge < -0.3 is 4.90 Å². The minimum absolute atomic E-state index is 0.0481. The number of anilines is 1. The minimum Gasteiger partial charge on any atom is -0.315 e. The molecule has 2 aromatic carbocycles. The fraction of sp³-hybridized carbons (Fsp3) is 0.125. The second kappa shape index (κ2) is 5.42. The molecule has 2 aromatic rings. The molecule has 5 heteroatoms. The first-order valence-corrected chi connectivity index (χ1v) is 7.82. The van der Waals surface area contributed by atoms with Gasteiger partial charge in [0, 0.05) is 32.5 Å². The summed E-state index contributed by atoms with van der Waals surface area (Å²) in [5.41, 5.74) is 2.93. The number of fused-ring (bicyclic) bond motifs is 1. The van der Waals surface area contributed by atoms with E-state index in [4.69, 9.17) is 11.6 Å². The van der Waals surface area contributed by atoms with Gasteiger partial charge in [0.05, 0.1) is 6.42 Å². The summed E-state index contributed by atoms with van der Waals surface area (Å²) >= 11 is 8.09. The molecule has 3 rings (SSSR count). The van der Waals surface area contributed by atoms with Gasteiger partial charge in [0.2, 0.25) is 5.91 Å². The molecule has 0 unspecified atom stereocenters. The van der Waals surface area contributed by atoms with Crippen LogP contribution < -0.4 is 4.90 Å². The summed E-state index contributed by atoms with van der Waals surface area (Å²) < 4.78 is 0.857. The quantitative estimate of drug-likeness (QED) is 0.558. The summed E-state index contributed by atoms with van der Waals surface area (Å²) in [6.45, 7) is 0. The zero-order valence-electron chi connectivity index (χ0n) is 11.2. The first-order valence-electron chi connectivity index (χ1n) is 6.36. The molecule has 1 amide bonds. The van der Waals surface area contributed by atoms with Gasteiger partial charge in [0.15, 0.2) is 5.78 Å². The Morgan fingerprint density at radius 3 is 2.76 bits per heavy atom. The summed E-state index contributed by atoms with van der Waals surface area (Å²) in [4.78, 5) is 25.9. The van der Waals surface area contributed by atoms with E-state index in [0.29, 0.717) is 22.6 Å². The Hall–Kier alpha value is -1.40. The molecular formula is C16H11ClINO2. The van der Waals surface area contributed by atoms with Crippen LogP contribution in [0, 0.1) is 3.57 Å². The van der Waals surface area contributed by atoms with Gasteiger partial charge >= 0.3 is 0 Å². The molecule has 0 saturated carbocycles. The molecule has 1 heterocycles. The lowest BCUT2D eigenvalue weighted by Gasteiger charge is -2.10. The van der Waals surface area contributed by atoms with Crippen LogP contribution >= 0.6 is 34.2 Å². The molecule has 0 N–H and O–H groups in total. The highest BCUT2D eigenvalue weighted by Gasteiger charge is 2.25. The summed E-state index contributed by atoms with van der Waals surface area (Å²) in [5, 5.41) is 0.537. The predicted octanol–water partition coefficient (Wildman–Crippen LogP) is 3.69. The summed E-state index contributed by atoms with van der Waals surface area (Å²) in [5.74, 6) is -0.0290. The number of nitrogens with zero attached hydrogens (tertiary/aromatic N) is 1. The molecule has 3 nitrogen and oxygen atoms in total. The molecule has 106 valence electrons. The average molecular weight is 412 g/mol. The standard InChI is InChI=1S/C16H11ClINO2/c1-19-14-5-2-9(6-10(14)7-15(19)20)16(21)12-8-11(17)3-4-13(12)18/h2-6,8H,7H2,1H3. The number of carbonyl (C=O) groups is 2. The molecule has 0 fully saturated rings. The van der Waals surface area contributed by atoms with Crippen LogP contribution in [0.15, 0.2) is 36.4 Å². The summed E-state index contributed by atoms with van der Waals surface area (Å²) in [6.07, 6.45) is 0.347. The van der Waals surface area contributed by atoms with E-state index in [1.165, 1.54) is 0 Å². The maximum Gasteiger partial charge on any atom is 0.231 e. The molecule has 0 saturated heterocycles. The Kier molecular flexibility index (Phi) is 3.75. The van der Waals surface area contributed by atoms with Gasteiger partial charge in [-0.1, -0.05) is 11.6 Å². The zero-order chi connectivity index (χ0) is 15.1. The molecule has 0 bridgehead atoms. The maximum absolute atomic E-state index is 12.6. The number of likely N-dealkylation sites (N-methyl/N-ethyl adjacent to an activating group) is 1. The number of hydrogen-bond donors (Lipinski definition) is 0. The van der Waals surface area contributed by atoms with Gasteiger partial charge in [-0.15, -0.1) is 0 Å². The van der Waals surface area contributed by atoms with Crippen molar-refractivity contribution in [3.05, 3.63) is 61.7 Å². The highest BCUT2D eigenvalue weighted by Crippen LogP contribution is 2.30. The van der Waals surface area contributed by atoms with Crippen LogP contribution in [-0.4, -0.2) is 18.7 Å². The van der Waals surface area contributed by atoms with E-state index in [1.54, 1.807) is 36.2 Å². The van der Waals surface area contributed by atoms with Gasteiger partial charge in [0.1, 0.15) is 0 Å². The lowest BCUT2D eigenvalue weighted by atomic mass is 10.0. The van der Waals surface area contributed by atoms with Crippen molar-refractivity contribution in [1.82, 2.24) is 0 Å². The third-order valence-electron chi connectivity index (χ3n) is 3.59. The van der Waals surface area contributed by atoms with E-state index in [1.807, 2.05) is 12.1 Å². The average Bonchev–Trinajstić information content (AvgIpc) is 2.75. The van der Waals surface area contributed by atoms with E-state index in [0.717, 1.165) is 14.8 Å². The van der Waals surface area contributed by atoms with Crippen molar-refractivity contribution in [2.24, 2.45) is 0 Å². The van der Waals surface area contributed by atoms with Crippen molar-refractivity contribution in [2.45, 2.75) is 6.42 Å². The molecule has 0 atom stereocenters. The van der Waals surface area contributed by atoms with Crippen LogP contribution in [0.25, 0.3) is 0 Å². The van der Waals surface area contributed by atoms with Crippen LogP contribution in [0.1, 0.15) is 21.5 Å². The SMILES string of the molecule is CN1C(=O)Cc2cc(C(=O)c3cc(Cl)ccc3I)ccc21. The third-order valence-corrected chi connectivity index (χ3v) is 4.77. The van der Waals surface area contributed by atoms with E-state index in [9.17, 15) is 9.59 Å². The first kappa shape index (κ1) is 14.5. The Bertz CT molecular complexity index is 773. The van der Waals surface area contributed by atoms with Gasteiger partial charge in [0.25, 0.3) is 0 Å². The number of rotatable bonds is 2. The van der Waals surface area contributed by atoms with Gasteiger partial charge in [-0.05, 0) is 64.6 Å². The number of benzene rings is 2. The molecular weight excluding hydrogens is 401 g/mol.